The second kappa shape index (κ2) is 8.60. The fourth-order valence-electron chi connectivity index (χ4n) is 3.80. The number of amides is 1. The molecule has 2 aromatic heterocycles. The van der Waals surface area contributed by atoms with Gasteiger partial charge in [0.2, 0.25) is 5.91 Å². The van der Waals surface area contributed by atoms with Crippen LogP contribution >= 0.6 is 11.9 Å². The molecule has 0 bridgehead atoms. The summed E-state index contributed by atoms with van der Waals surface area (Å²) in [5.41, 5.74) is 2.00. The molecule has 4 N–H and O–H groups in total. The first-order valence-electron chi connectivity index (χ1n) is 11.3. The molecule has 0 spiro atoms. The lowest BCUT2D eigenvalue weighted by atomic mass is 10.3. The molecule has 2 fully saturated rings. The molecule has 3 heterocycles. The molecule has 0 unspecified atom stereocenters. The van der Waals surface area contributed by atoms with E-state index in [1.165, 1.54) is 31.4 Å². The van der Waals surface area contributed by atoms with Gasteiger partial charge in [-0.2, -0.15) is 5.10 Å². The van der Waals surface area contributed by atoms with E-state index in [9.17, 15) is 4.79 Å². The molecule has 33 heavy (non-hydrogen) atoms. The van der Waals surface area contributed by atoms with Crippen molar-refractivity contribution in [2.75, 3.05) is 17.2 Å². The van der Waals surface area contributed by atoms with E-state index in [1.807, 2.05) is 36.7 Å². The Hall–Kier alpha value is -3.24. The molecule has 1 amide bonds. The number of anilines is 2. The second-order valence-electron chi connectivity index (χ2n) is 8.73. The van der Waals surface area contributed by atoms with Crippen LogP contribution in [0.5, 0.6) is 0 Å². The van der Waals surface area contributed by atoms with Crippen molar-refractivity contribution in [2.24, 2.45) is 0 Å². The Morgan fingerprint density at radius 1 is 1.18 bits per heavy atom. The smallest absolute Gasteiger partial charge is 0.238 e. The van der Waals surface area contributed by atoms with Gasteiger partial charge < -0.3 is 20.3 Å². The fraction of sp³-hybridized carbons (Fsp3) is 0.348. The first kappa shape index (κ1) is 20.4. The van der Waals surface area contributed by atoms with Crippen LogP contribution < -0.4 is 16.0 Å². The van der Waals surface area contributed by atoms with E-state index in [2.05, 4.69) is 52.3 Å². The van der Waals surface area contributed by atoms with Crippen molar-refractivity contribution in [3.05, 3.63) is 60.4 Å². The largest absolute Gasteiger partial charge is 0.325 e. The molecule has 1 aliphatic heterocycles. The van der Waals surface area contributed by atoms with E-state index in [0.29, 0.717) is 25.0 Å². The van der Waals surface area contributed by atoms with Crippen molar-refractivity contribution in [1.82, 2.24) is 29.4 Å². The Morgan fingerprint density at radius 2 is 2.03 bits per heavy atom. The van der Waals surface area contributed by atoms with Crippen molar-refractivity contribution < 1.29 is 4.79 Å². The molecule has 6 rings (SSSR count). The van der Waals surface area contributed by atoms with Crippen LogP contribution in [0.3, 0.4) is 0 Å². The van der Waals surface area contributed by atoms with Crippen molar-refractivity contribution in [3.8, 4) is 0 Å². The van der Waals surface area contributed by atoms with Gasteiger partial charge >= 0.3 is 0 Å². The van der Waals surface area contributed by atoms with E-state index in [-0.39, 0.29) is 5.91 Å². The van der Waals surface area contributed by atoms with E-state index < -0.39 is 0 Å². The monoisotopic (exact) mass is 462 g/mol. The van der Waals surface area contributed by atoms with Gasteiger partial charge in [-0.15, -0.1) is 0 Å². The van der Waals surface area contributed by atoms with Crippen LogP contribution in [0.25, 0.3) is 5.82 Å². The molecular formula is C23H26N8OS. The fourth-order valence-corrected chi connectivity index (χ4v) is 4.67. The van der Waals surface area contributed by atoms with E-state index in [0.717, 1.165) is 28.0 Å². The number of H-pyrrole nitrogens is 1. The predicted octanol–water partition coefficient (Wildman–Crippen LogP) is 3.57. The molecule has 3 aromatic rings. The van der Waals surface area contributed by atoms with E-state index in [4.69, 9.17) is 0 Å². The molecule has 2 aliphatic carbocycles. The first-order chi connectivity index (χ1) is 16.2. The quantitative estimate of drug-likeness (QED) is 0.361. The zero-order valence-electron chi connectivity index (χ0n) is 18.1. The van der Waals surface area contributed by atoms with Gasteiger partial charge in [-0.05, 0) is 61.9 Å². The molecular weight excluding hydrogens is 436 g/mol. The molecule has 3 aliphatic rings. The Labute approximate surface area is 196 Å². The Kier molecular flexibility index (Phi) is 5.31. The molecule has 0 radical (unpaired) electrons. The molecule has 1 aromatic carbocycles. The summed E-state index contributed by atoms with van der Waals surface area (Å²) in [5, 5.41) is 17.2. The van der Waals surface area contributed by atoms with Crippen LogP contribution in [-0.2, 0) is 11.3 Å². The number of fused-ring (bicyclic) bond motifs is 1. The van der Waals surface area contributed by atoms with Gasteiger partial charge in [0.1, 0.15) is 11.6 Å². The maximum Gasteiger partial charge on any atom is 0.238 e. The molecule has 0 saturated heterocycles. The lowest BCUT2D eigenvalue weighted by Crippen LogP contribution is -2.29. The summed E-state index contributed by atoms with van der Waals surface area (Å²) in [4.78, 5) is 17.6. The van der Waals surface area contributed by atoms with Crippen LogP contribution in [0.1, 0.15) is 43.1 Å². The van der Waals surface area contributed by atoms with Crippen LogP contribution in [0.2, 0.25) is 0 Å². The summed E-state index contributed by atoms with van der Waals surface area (Å²) in [6.45, 7) is 1.04. The van der Waals surface area contributed by atoms with Gasteiger partial charge in [0, 0.05) is 46.7 Å². The minimum atomic E-state index is -0.00738. The van der Waals surface area contributed by atoms with Gasteiger partial charge in [0.05, 0.1) is 19.3 Å². The van der Waals surface area contributed by atoms with Gasteiger partial charge in [-0.3, -0.25) is 14.5 Å². The average Bonchev–Trinajstić information content (AvgIpc) is 3.74. The van der Waals surface area contributed by atoms with Crippen LogP contribution in [-0.4, -0.2) is 42.5 Å². The number of hydrogen-bond donors (Lipinski definition) is 4. The van der Waals surface area contributed by atoms with Gasteiger partial charge in [0.15, 0.2) is 5.82 Å². The third-order valence-electron chi connectivity index (χ3n) is 5.90. The highest BCUT2D eigenvalue weighted by Gasteiger charge is 2.26. The average molecular weight is 463 g/mol. The number of hydrogen-bond acceptors (Lipinski definition) is 7. The number of carbonyl (C=O) groups is 1. The number of nitrogens with zero attached hydrogens (tertiary/aromatic N) is 4. The third-order valence-corrected chi connectivity index (χ3v) is 6.85. The highest BCUT2D eigenvalue weighted by atomic mass is 32.2. The summed E-state index contributed by atoms with van der Waals surface area (Å²) in [5.74, 6) is 3.30. The Bertz CT molecular complexity index is 1180. The highest BCUT2D eigenvalue weighted by molar-refractivity contribution is 7.97. The lowest BCUT2D eigenvalue weighted by Gasteiger charge is -2.26. The number of rotatable bonds is 9. The first-order valence-corrected chi connectivity index (χ1v) is 12.1. The molecule has 2 saturated carbocycles. The van der Waals surface area contributed by atoms with Gasteiger partial charge in [-0.25, -0.2) is 4.98 Å². The summed E-state index contributed by atoms with van der Waals surface area (Å²) < 4.78 is 4.20. The predicted molar refractivity (Wildman–Crippen MR) is 128 cm³/mol. The number of benzene rings is 1. The van der Waals surface area contributed by atoms with E-state index in [1.54, 1.807) is 11.9 Å². The summed E-state index contributed by atoms with van der Waals surface area (Å²) in [6.07, 6.45) is 10.7. The number of imidazole rings is 1. The Morgan fingerprint density at radius 3 is 2.82 bits per heavy atom. The summed E-state index contributed by atoms with van der Waals surface area (Å²) in [7, 11) is 0. The van der Waals surface area contributed by atoms with Gasteiger partial charge in [-0.1, -0.05) is 0 Å². The maximum atomic E-state index is 12.0. The van der Waals surface area contributed by atoms with Crippen molar-refractivity contribution in [2.45, 2.75) is 49.1 Å². The van der Waals surface area contributed by atoms with Crippen LogP contribution in [0.4, 0.5) is 11.5 Å². The van der Waals surface area contributed by atoms with Crippen molar-refractivity contribution in [1.29, 1.82) is 0 Å². The zero-order chi connectivity index (χ0) is 22.2. The number of carbonyl (C=O) groups excluding carboxylic acids is 1. The third kappa shape index (κ3) is 4.91. The van der Waals surface area contributed by atoms with E-state index >= 15 is 0 Å². The molecule has 10 heteroatoms. The standard InChI is InChI=1S/C23H26N8OS/c32-23(12-25-16-3-4-16)26-17-5-7-18(8-6-17)33-30-13-21-24-9-10-31(21)22(14-30)27-20-11-19(28-29-20)15-1-2-15/h5-11,14-16,25H,1-4,12-13H2,(H,26,32)(H2,27,28,29). The highest BCUT2D eigenvalue weighted by Crippen LogP contribution is 2.39. The molecule has 170 valence electrons. The minimum Gasteiger partial charge on any atom is -0.325 e. The van der Waals surface area contributed by atoms with Crippen LogP contribution in [0, 0.1) is 0 Å². The van der Waals surface area contributed by atoms with Crippen molar-refractivity contribution >= 4 is 35.2 Å². The molecule has 0 atom stereocenters. The van der Waals surface area contributed by atoms with Crippen molar-refractivity contribution in [3.63, 3.8) is 0 Å². The second-order valence-corrected chi connectivity index (χ2v) is 9.85. The molecule has 9 nitrogen and oxygen atoms in total. The van der Waals surface area contributed by atoms with Gasteiger partial charge in [0.25, 0.3) is 0 Å². The van der Waals surface area contributed by atoms with Crippen LogP contribution in [0.15, 0.2) is 53.8 Å². The number of aromatic nitrogens is 4. The maximum absolute atomic E-state index is 12.0. The topological polar surface area (TPSA) is 103 Å². The lowest BCUT2D eigenvalue weighted by molar-refractivity contribution is -0.115. The zero-order valence-corrected chi connectivity index (χ0v) is 18.9. The summed E-state index contributed by atoms with van der Waals surface area (Å²) in [6, 6.07) is 10.5. The SMILES string of the molecule is O=C(CNC1CC1)Nc1ccc(SN2C=C(Nc3cc(C4CC4)[nH]n3)n3ccnc3C2)cc1. The number of aromatic amines is 1. The summed E-state index contributed by atoms with van der Waals surface area (Å²) >= 11 is 1.63. The Balaban J connectivity index is 1.11. The minimum absolute atomic E-state index is 0.00738. The number of nitrogens with one attached hydrogen (secondary N) is 4. The normalized spacial score (nSPS) is 17.5.